The molecule has 3 rings (SSSR count). The van der Waals surface area contributed by atoms with Crippen LogP contribution in [0.25, 0.3) is 16.9 Å². The lowest BCUT2D eigenvalue weighted by molar-refractivity contribution is -0.142. The number of carboxylic acids is 1. The monoisotopic (exact) mass is 435 g/mol. The Morgan fingerprint density at radius 1 is 1.19 bits per heavy atom. The second-order valence-corrected chi connectivity index (χ2v) is 6.17. The van der Waals surface area contributed by atoms with Crippen molar-refractivity contribution in [1.29, 1.82) is 0 Å². The van der Waals surface area contributed by atoms with Gasteiger partial charge in [0, 0.05) is 11.6 Å². The SMILES string of the molecule is CC=C(C(=O)O)c1c(OC)nc(C)nc1Oc1cccc(-c2cc(C(F)(F)F)no2)c1. The Hall–Kier alpha value is -3.89. The second-order valence-electron chi connectivity index (χ2n) is 6.17. The quantitative estimate of drug-likeness (QED) is 0.553. The van der Waals surface area contributed by atoms with Gasteiger partial charge in [-0.05, 0) is 26.0 Å². The number of carbonyl (C=O) groups is 1. The third-order valence-electron chi connectivity index (χ3n) is 4.07. The first kappa shape index (κ1) is 21.8. The van der Waals surface area contributed by atoms with Crippen LogP contribution in [0.2, 0.25) is 0 Å². The van der Waals surface area contributed by atoms with Crippen molar-refractivity contribution in [1.82, 2.24) is 15.1 Å². The summed E-state index contributed by atoms with van der Waals surface area (Å²) >= 11 is 0. The van der Waals surface area contributed by atoms with E-state index in [0.29, 0.717) is 0 Å². The molecule has 0 saturated carbocycles. The van der Waals surface area contributed by atoms with Crippen molar-refractivity contribution in [3.63, 3.8) is 0 Å². The van der Waals surface area contributed by atoms with Gasteiger partial charge >= 0.3 is 12.1 Å². The topological polar surface area (TPSA) is 108 Å². The van der Waals surface area contributed by atoms with E-state index in [1.165, 1.54) is 44.4 Å². The minimum absolute atomic E-state index is 0.000733. The van der Waals surface area contributed by atoms with Crippen molar-refractivity contribution in [3.8, 4) is 28.8 Å². The molecule has 1 N–H and O–H groups in total. The molecule has 0 aliphatic heterocycles. The molecule has 8 nitrogen and oxygen atoms in total. The molecule has 1 aromatic carbocycles. The van der Waals surface area contributed by atoms with Crippen LogP contribution in [0.5, 0.6) is 17.5 Å². The molecular weight excluding hydrogens is 419 g/mol. The normalized spacial score (nSPS) is 12.0. The molecule has 2 heterocycles. The number of benzene rings is 1. The van der Waals surface area contributed by atoms with Crippen molar-refractivity contribution < 1.29 is 37.1 Å². The Morgan fingerprint density at radius 2 is 1.90 bits per heavy atom. The number of methoxy groups -OCH3 is 1. The van der Waals surface area contributed by atoms with Crippen LogP contribution < -0.4 is 9.47 Å². The van der Waals surface area contributed by atoms with Crippen LogP contribution in [0.1, 0.15) is 24.0 Å². The standard InChI is InChI=1S/C20H16F3N3O5/c1-4-13(19(27)28)16-17(29-3)24-10(2)25-18(16)30-12-7-5-6-11(8-12)14-9-15(26-31-14)20(21,22)23/h4-9H,1-3H3,(H,27,28). The number of ether oxygens (including phenoxy) is 2. The molecule has 0 aliphatic rings. The number of allylic oxidation sites excluding steroid dienone is 1. The summed E-state index contributed by atoms with van der Waals surface area (Å²) in [5.41, 5.74) is -1.02. The summed E-state index contributed by atoms with van der Waals surface area (Å²) in [5.74, 6) is -1.02. The van der Waals surface area contributed by atoms with Crippen LogP contribution in [0.15, 0.2) is 40.9 Å². The van der Waals surface area contributed by atoms with E-state index in [1.807, 2.05) is 0 Å². The maximum atomic E-state index is 12.8. The van der Waals surface area contributed by atoms with Gasteiger partial charge in [-0.25, -0.2) is 4.79 Å². The summed E-state index contributed by atoms with van der Waals surface area (Å²) in [5, 5.41) is 12.5. The molecule has 0 atom stereocenters. The molecule has 0 amide bonds. The lowest BCUT2D eigenvalue weighted by Gasteiger charge is -2.14. The van der Waals surface area contributed by atoms with Crippen molar-refractivity contribution in [2.75, 3.05) is 7.11 Å². The highest BCUT2D eigenvalue weighted by molar-refractivity contribution is 6.16. The van der Waals surface area contributed by atoms with Gasteiger partial charge in [-0.1, -0.05) is 23.4 Å². The Labute approximate surface area is 173 Å². The van der Waals surface area contributed by atoms with Crippen molar-refractivity contribution >= 4 is 11.5 Å². The van der Waals surface area contributed by atoms with E-state index in [2.05, 4.69) is 15.1 Å². The first-order chi connectivity index (χ1) is 14.6. The number of hydrogen-bond acceptors (Lipinski definition) is 7. The van der Waals surface area contributed by atoms with Crippen molar-refractivity contribution in [2.24, 2.45) is 0 Å². The average molecular weight is 435 g/mol. The lowest BCUT2D eigenvalue weighted by atomic mass is 10.1. The van der Waals surface area contributed by atoms with E-state index >= 15 is 0 Å². The highest BCUT2D eigenvalue weighted by atomic mass is 19.4. The van der Waals surface area contributed by atoms with Crippen molar-refractivity contribution in [3.05, 3.63) is 53.5 Å². The number of hydrogen-bond donors (Lipinski definition) is 1. The van der Waals surface area contributed by atoms with Gasteiger partial charge < -0.3 is 19.1 Å². The molecule has 11 heteroatoms. The number of aryl methyl sites for hydroxylation is 1. The molecule has 31 heavy (non-hydrogen) atoms. The van der Waals surface area contributed by atoms with E-state index in [1.54, 1.807) is 6.92 Å². The van der Waals surface area contributed by atoms with Gasteiger partial charge in [0.2, 0.25) is 11.8 Å². The summed E-state index contributed by atoms with van der Waals surface area (Å²) < 4.78 is 54.1. The Balaban J connectivity index is 2.04. The summed E-state index contributed by atoms with van der Waals surface area (Å²) in [7, 11) is 1.33. The molecule has 3 aromatic rings. The largest absolute Gasteiger partial charge is 0.480 e. The van der Waals surface area contributed by atoms with Gasteiger partial charge in [-0.2, -0.15) is 23.1 Å². The molecule has 2 aromatic heterocycles. The second kappa shape index (κ2) is 8.46. The molecule has 0 spiro atoms. The van der Waals surface area contributed by atoms with E-state index in [0.717, 1.165) is 6.07 Å². The van der Waals surface area contributed by atoms with Gasteiger partial charge in [0.15, 0.2) is 11.5 Å². The Bertz CT molecular complexity index is 1160. The van der Waals surface area contributed by atoms with Crippen molar-refractivity contribution in [2.45, 2.75) is 20.0 Å². The van der Waals surface area contributed by atoms with Gasteiger partial charge in [-0.15, -0.1) is 0 Å². The first-order valence-electron chi connectivity index (χ1n) is 8.78. The van der Waals surface area contributed by atoms with E-state index < -0.39 is 17.8 Å². The number of aromatic nitrogens is 3. The van der Waals surface area contributed by atoms with Crippen LogP contribution in [0.4, 0.5) is 13.2 Å². The van der Waals surface area contributed by atoms with E-state index in [4.69, 9.17) is 14.0 Å². The predicted octanol–water partition coefficient (Wildman–Crippen LogP) is 4.75. The lowest BCUT2D eigenvalue weighted by Crippen LogP contribution is -2.08. The van der Waals surface area contributed by atoms with Gasteiger partial charge in [0.05, 0.1) is 12.7 Å². The molecule has 0 saturated heterocycles. The number of nitrogens with zero attached hydrogens (tertiary/aromatic N) is 3. The third kappa shape index (κ3) is 4.65. The smallest absolute Gasteiger partial charge is 0.436 e. The average Bonchev–Trinajstić information content (AvgIpc) is 3.20. The highest BCUT2D eigenvalue weighted by Gasteiger charge is 2.35. The number of alkyl halides is 3. The van der Waals surface area contributed by atoms with Gasteiger partial charge in [0.25, 0.3) is 0 Å². The Morgan fingerprint density at radius 3 is 2.48 bits per heavy atom. The maximum Gasteiger partial charge on any atom is 0.436 e. The zero-order valence-electron chi connectivity index (χ0n) is 16.5. The molecule has 162 valence electrons. The molecule has 0 unspecified atom stereocenters. The van der Waals surface area contributed by atoms with E-state index in [-0.39, 0.29) is 45.8 Å². The highest BCUT2D eigenvalue weighted by Crippen LogP contribution is 2.37. The zero-order chi connectivity index (χ0) is 22.8. The third-order valence-corrected chi connectivity index (χ3v) is 4.07. The fourth-order valence-corrected chi connectivity index (χ4v) is 2.72. The molecule has 0 bridgehead atoms. The molecule has 0 radical (unpaired) electrons. The number of aliphatic carboxylic acids is 1. The maximum absolute atomic E-state index is 12.8. The minimum atomic E-state index is -4.64. The number of rotatable bonds is 6. The van der Waals surface area contributed by atoms with Crippen LogP contribution >= 0.6 is 0 Å². The molecule has 0 aliphatic carbocycles. The first-order valence-corrected chi connectivity index (χ1v) is 8.78. The van der Waals surface area contributed by atoms with Gasteiger partial charge in [0.1, 0.15) is 17.1 Å². The van der Waals surface area contributed by atoms with E-state index in [9.17, 15) is 23.1 Å². The summed E-state index contributed by atoms with van der Waals surface area (Å²) in [6.45, 7) is 3.09. The van der Waals surface area contributed by atoms with Crippen LogP contribution in [-0.2, 0) is 11.0 Å². The zero-order valence-corrected chi connectivity index (χ0v) is 16.5. The Kier molecular flexibility index (Phi) is 5.95. The fourth-order valence-electron chi connectivity index (χ4n) is 2.72. The van der Waals surface area contributed by atoms with Crippen LogP contribution in [0, 0.1) is 6.92 Å². The molecular formula is C20H16F3N3O5. The van der Waals surface area contributed by atoms with Gasteiger partial charge in [-0.3, -0.25) is 0 Å². The molecule has 0 fully saturated rings. The van der Waals surface area contributed by atoms with Crippen LogP contribution in [0.3, 0.4) is 0 Å². The van der Waals surface area contributed by atoms with Crippen LogP contribution in [-0.4, -0.2) is 33.3 Å². The fraction of sp³-hybridized carbons (Fsp3) is 0.200. The minimum Gasteiger partial charge on any atom is -0.480 e. The summed E-state index contributed by atoms with van der Waals surface area (Å²) in [6.07, 6.45) is -3.30. The summed E-state index contributed by atoms with van der Waals surface area (Å²) in [6, 6.07) is 6.73. The predicted molar refractivity (Wildman–Crippen MR) is 102 cm³/mol. The number of carboxylic acid groups (broad SMARTS) is 1. The summed E-state index contributed by atoms with van der Waals surface area (Å²) in [4.78, 5) is 19.9. The number of halogens is 3.